The van der Waals surface area contributed by atoms with E-state index in [2.05, 4.69) is 4.90 Å². The van der Waals surface area contributed by atoms with Crippen LogP contribution in [0.25, 0.3) is 0 Å². The topological polar surface area (TPSA) is 38.5 Å². The zero-order chi connectivity index (χ0) is 8.39. The Hall–Kier alpha value is -0.120. The van der Waals surface area contributed by atoms with Crippen LogP contribution in [-0.4, -0.2) is 43.3 Å². The molecule has 2 N–H and O–H groups in total. The van der Waals surface area contributed by atoms with Gasteiger partial charge in [-0.25, -0.2) is 0 Å². The number of morpholine rings is 1. The molecule has 3 heteroatoms. The first-order chi connectivity index (χ1) is 5.90. The Morgan fingerprint density at radius 2 is 2.33 bits per heavy atom. The molecule has 2 rings (SSSR count). The average molecular weight is 170 g/mol. The van der Waals surface area contributed by atoms with Crippen LogP contribution >= 0.6 is 0 Å². The first kappa shape index (κ1) is 8.48. The summed E-state index contributed by atoms with van der Waals surface area (Å²) < 4.78 is 5.63. The summed E-state index contributed by atoms with van der Waals surface area (Å²) in [5.74, 6) is 0. The lowest BCUT2D eigenvalue weighted by Crippen LogP contribution is -2.53. The predicted octanol–water partition coefficient (Wildman–Crippen LogP) is 0.198. The van der Waals surface area contributed by atoms with Gasteiger partial charge in [0, 0.05) is 19.1 Å². The fourth-order valence-corrected chi connectivity index (χ4v) is 2.19. The standard InChI is InChI=1S/C9H18N2O/c10-5-9-6-11-4-2-1-3-8(11)7-12-9/h8-9H,1-7,10H2/t8-,9+/m1/s1. The second-order valence-electron chi connectivity index (χ2n) is 3.84. The summed E-state index contributed by atoms with van der Waals surface area (Å²) in [7, 11) is 0. The maximum Gasteiger partial charge on any atom is 0.0824 e. The molecule has 0 aromatic rings. The van der Waals surface area contributed by atoms with Crippen LogP contribution in [0.2, 0.25) is 0 Å². The minimum atomic E-state index is 0.291. The first-order valence-corrected chi connectivity index (χ1v) is 4.96. The molecule has 70 valence electrons. The Bertz CT molecular complexity index is 151. The minimum Gasteiger partial charge on any atom is -0.374 e. The van der Waals surface area contributed by atoms with E-state index in [0.717, 1.165) is 13.2 Å². The van der Waals surface area contributed by atoms with Crippen LogP contribution in [0.3, 0.4) is 0 Å². The van der Waals surface area contributed by atoms with Crippen molar-refractivity contribution in [2.24, 2.45) is 5.73 Å². The maximum atomic E-state index is 5.63. The zero-order valence-electron chi connectivity index (χ0n) is 7.54. The highest BCUT2D eigenvalue weighted by Crippen LogP contribution is 2.21. The number of hydrogen-bond acceptors (Lipinski definition) is 3. The van der Waals surface area contributed by atoms with Gasteiger partial charge in [-0.3, -0.25) is 4.90 Å². The van der Waals surface area contributed by atoms with Gasteiger partial charge < -0.3 is 10.5 Å². The van der Waals surface area contributed by atoms with Crippen LogP contribution in [0, 0.1) is 0 Å². The minimum absolute atomic E-state index is 0.291. The average Bonchev–Trinajstić information content (AvgIpc) is 2.17. The van der Waals surface area contributed by atoms with E-state index in [1.807, 2.05) is 0 Å². The van der Waals surface area contributed by atoms with E-state index in [0.29, 0.717) is 18.7 Å². The van der Waals surface area contributed by atoms with Crippen molar-refractivity contribution >= 4 is 0 Å². The Balaban J connectivity index is 1.90. The Labute approximate surface area is 73.9 Å². The first-order valence-electron chi connectivity index (χ1n) is 4.96. The molecular formula is C9H18N2O. The molecule has 0 aliphatic carbocycles. The largest absolute Gasteiger partial charge is 0.374 e. The van der Waals surface area contributed by atoms with Gasteiger partial charge in [0.15, 0.2) is 0 Å². The molecule has 2 atom stereocenters. The molecule has 0 amide bonds. The summed E-state index contributed by atoms with van der Waals surface area (Å²) in [6.07, 6.45) is 4.34. The third-order valence-corrected chi connectivity index (χ3v) is 2.97. The van der Waals surface area contributed by atoms with Crippen LogP contribution < -0.4 is 5.73 Å². The lowest BCUT2D eigenvalue weighted by Gasteiger charge is -2.42. The molecule has 0 aromatic heterocycles. The monoisotopic (exact) mass is 170 g/mol. The quantitative estimate of drug-likeness (QED) is 0.611. The number of fused-ring (bicyclic) bond motifs is 1. The van der Waals surface area contributed by atoms with E-state index >= 15 is 0 Å². The fourth-order valence-electron chi connectivity index (χ4n) is 2.19. The Morgan fingerprint density at radius 3 is 3.17 bits per heavy atom. The highest BCUT2D eigenvalue weighted by Gasteiger charge is 2.29. The molecule has 2 saturated heterocycles. The molecule has 2 aliphatic rings. The summed E-state index contributed by atoms with van der Waals surface area (Å²) in [6, 6.07) is 0.696. The number of hydrogen-bond donors (Lipinski definition) is 1. The molecule has 0 unspecified atom stereocenters. The van der Waals surface area contributed by atoms with E-state index in [9.17, 15) is 0 Å². The molecule has 2 heterocycles. The summed E-state index contributed by atoms with van der Waals surface area (Å²) in [4.78, 5) is 2.55. The van der Waals surface area contributed by atoms with E-state index in [-0.39, 0.29) is 0 Å². The van der Waals surface area contributed by atoms with Crippen molar-refractivity contribution < 1.29 is 4.74 Å². The third-order valence-electron chi connectivity index (χ3n) is 2.97. The lowest BCUT2D eigenvalue weighted by molar-refractivity contribution is -0.0704. The summed E-state index contributed by atoms with van der Waals surface area (Å²) >= 11 is 0. The van der Waals surface area contributed by atoms with Gasteiger partial charge in [-0.15, -0.1) is 0 Å². The summed E-state index contributed by atoms with van der Waals surface area (Å²) in [6.45, 7) is 3.89. The van der Waals surface area contributed by atoms with Crippen molar-refractivity contribution in [3.05, 3.63) is 0 Å². The van der Waals surface area contributed by atoms with Crippen molar-refractivity contribution in [3.8, 4) is 0 Å². The van der Waals surface area contributed by atoms with Crippen LogP contribution in [0.15, 0.2) is 0 Å². The highest BCUT2D eigenvalue weighted by molar-refractivity contribution is 4.83. The SMILES string of the molecule is NC[C@H]1CN2CCCC[C@@H]2CO1. The van der Waals surface area contributed by atoms with Crippen molar-refractivity contribution in [2.75, 3.05) is 26.2 Å². The Morgan fingerprint density at radius 1 is 1.42 bits per heavy atom. The van der Waals surface area contributed by atoms with E-state index in [1.54, 1.807) is 0 Å². The van der Waals surface area contributed by atoms with Crippen molar-refractivity contribution in [1.82, 2.24) is 4.90 Å². The molecule has 3 nitrogen and oxygen atoms in total. The third kappa shape index (κ3) is 1.63. The highest BCUT2D eigenvalue weighted by atomic mass is 16.5. The van der Waals surface area contributed by atoms with Gasteiger partial charge in [-0.2, -0.15) is 0 Å². The number of rotatable bonds is 1. The van der Waals surface area contributed by atoms with Crippen LogP contribution in [-0.2, 0) is 4.74 Å². The molecule has 2 fully saturated rings. The van der Waals surface area contributed by atoms with E-state index < -0.39 is 0 Å². The van der Waals surface area contributed by atoms with Crippen molar-refractivity contribution in [3.63, 3.8) is 0 Å². The molecule has 0 radical (unpaired) electrons. The van der Waals surface area contributed by atoms with E-state index in [1.165, 1.54) is 25.8 Å². The number of piperidine rings is 1. The smallest absolute Gasteiger partial charge is 0.0824 e. The molecular weight excluding hydrogens is 152 g/mol. The fraction of sp³-hybridized carbons (Fsp3) is 1.00. The summed E-state index contributed by atoms with van der Waals surface area (Å²) in [5, 5.41) is 0. The second-order valence-corrected chi connectivity index (χ2v) is 3.84. The number of ether oxygens (including phenoxy) is 1. The molecule has 0 bridgehead atoms. The number of nitrogens with two attached hydrogens (primary N) is 1. The van der Waals surface area contributed by atoms with Gasteiger partial charge in [0.05, 0.1) is 12.7 Å². The number of nitrogens with zero attached hydrogens (tertiary/aromatic N) is 1. The van der Waals surface area contributed by atoms with Gasteiger partial charge in [0.2, 0.25) is 0 Å². The second kappa shape index (κ2) is 3.73. The van der Waals surface area contributed by atoms with Gasteiger partial charge >= 0.3 is 0 Å². The maximum absolute atomic E-state index is 5.63. The van der Waals surface area contributed by atoms with Gasteiger partial charge in [-0.1, -0.05) is 6.42 Å². The molecule has 0 spiro atoms. The predicted molar refractivity (Wildman–Crippen MR) is 48.0 cm³/mol. The summed E-state index contributed by atoms with van der Waals surface area (Å²) in [5.41, 5.74) is 5.57. The van der Waals surface area contributed by atoms with Gasteiger partial charge in [-0.05, 0) is 19.4 Å². The lowest BCUT2D eigenvalue weighted by atomic mass is 10.0. The normalized spacial score (nSPS) is 37.8. The van der Waals surface area contributed by atoms with Crippen LogP contribution in [0.1, 0.15) is 19.3 Å². The Kier molecular flexibility index (Phi) is 2.63. The zero-order valence-corrected chi connectivity index (χ0v) is 7.54. The molecule has 0 aromatic carbocycles. The van der Waals surface area contributed by atoms with Gasteiger partial charge in [0.25, 0.3) is 0 Å². The van der Waals surface area contributed by atoms with Crippen LogP contribution in [0.5, 0.6) is 0 Å². The van der Waals surface area contributed by atoms with Crippen LogP contribution in [0.4, 0.5) is 0 Å². The molecule has 2 aliphatic heterocycles. The van der Waals surface area contributed by atoms with Crippen molar-refractivity contribution in [1.29, 1.82) is 0 Å². The molecule has 0 saturated carbocycles. The van der Waals surface area contributed by atoms with Gasteiger partial charge in [0.1, 0.15) is 0 Å². The molecule has 12 heavy (non-hydrogen) atoms. The van der Waals surface area contributed by atoms with E-state index in [4.69, 9.17) is 10.5 Å². The van der Waals surface area contributed by atoms with Crippen molar-refractivity contribution in [2.45, 2.75) is 31.4 Å².